The lowest BCUT2D eigenvalue weighted by molar-refractivity contribution is 0.665. The Kier molecular flexibility index (Phi) is 3.61. The van der Waals surface area contributed by atoms with Crippen molar-refractivity contribution in [2.45, 2.75) is 5.16 Å². The second-order valence-electron chi connectivity index (χ2n) is 2.28. The molecule has 0 aliphatic carbocycles. The first-order valence-electron chi connectivity index (χ1n) is 3.36. The van der Waals surface area contributed by atoms with Gasteiger partial charge in [-0.25, -0.2) is 4.68 Å². The van der Waals surface area contributed by atoms with Crippen LogP contribution in [0.15, 0.2) is 17.3 Å². The van der Waals surface area contributed by atoms with Gasteiger partial charge in [0.15, 0.2) is 0 Å². The lowest BCUT2D eigenvalue weighted by Gasteiger charge is -1.99. The van der Waals surface area contributed by atoms with Crippen LogP contribution in [0, 0.1) is 0 Å². The molecule has 0 saturated carbocycles. The molecule has 66 valence electrons. The number of hydrogen-bond acceptors (Lipinski definition) is 5. The van der Waals surface area contributed by atoms with Crippen LogP contribution in [0.25, 0.3) is 0 Å². The summed E-state index contributed by atoms with van der Waals surface area (Å²) in [4.78, 5) is 0. The summed E-state index contributed by atoms with van der Waals surface area (Å²) in [7, 11) is 1.81. The van der Waals surface area contributed by atoms with Crippen molar-refractivity contribution >= 4 is 24.4 Å². The molecule has 0 amide bonds. The Morgan fingerprint density at radius 1 is 1.75 bits per heavy atom. The summed E-state index contributed by atoms with van der Waals surface area (Å²) < 4.78 is 1.64. The first kappa shape index (κ1) is 9.60. The second-order valence-corrected chi connectivity index (χ2v) is 3.54. The minimum absolute atomic E-state index is 0.707. The first-order chi connectivity index (χ1) is 5.74. The Balaban J connectivity index is 2.43. The molecule has 0 atom stereocenters. The summed E-state index contributed by atoms with van der Waals surface area (Å²) in [6.07, 6.45) is 0. The van der Waals surface area contributed by atoms with Crippen LogP contribution in [0.5, 0.6) is 0 Å². The fourth-order valence-electron chi connectivity index (χ4n) is 0.556. The van der Waals surface area contributed by atoms with Crippen molar-refractivity contribution in [3.8, 4) is 0 Å². The molecule has 4 nitrogen and oxygen atoms in total. The topological polar surface area (TPSA) is 43.6 Å². The van der Waals surface area contributed by atoms with Crippen molar-refractivity contribution in [3.05, 3.63) is 12.2 Å². The van der Waals surface area contributed by atoms with Crippen molar-refractivity contribution in [1.29, 1.82) is 0 Å². The third-order valence-electron chi connectivity index (χ3n) is 1.21. The van der Waals surface area contributed by atoms with E-state index in [1.165, 1.54) is 0 Å². The van der Waals surface area contributed by atoms with Crippen LogP contribution < -0.4 is 0 Å². The Hall–Kier alpha value is -0.490. The molecule has 0 bridgehead atoms. The summed E-state index contributed by atoms with van der Waals surface area (Å²) in [5.41, 5.74) is 1.08. The summed E-state index contributed by atoms with van der Waals surface area (Å²) in [6, 6.07) is 0. The van der Waals surface area contributed by atoms with E-state index in [-0.39, 0.29) is 0 Å². The van der Waals surface area contributed by atoms with Gasteiger partial charge in [-0.1, -0.05) is 23.9 Å². The molecule has 1 aromatic rings. The molecule has 6 heteroatoms. The number of nitrogens with zero attached hydrogens (tertiary/aromatic N) is 4. The molecule has 0 aliphatic rings. The maximum absolute atomic E-state index is 4.10. The number of aromatic nitrogens is 4. The van der Waals surface area contributed by atoms with Gasteiger partial charge >= 0.3 is 0 Å². The van der Waals surface area contributed by atoms with Gasteiger partial charge in [0.25, 0.3) is 0 Å². The Morgan fingerprint density at radius 3 is 3.00 bits per heavy atom. The minimum atomic E-state index is 0.707. The van der Waals surface area contributed by atoms with Gasteiger partial charge in [0.05, 0.1) is 0 Å². The summed E-state index contributed by atoms with van der Waals surface area (Å²) in [5.74, 6) is 1.52. The third kappa shape index (κ3) is 2.53. The monoisotopic (exact) mass is 202 g/mol. The van der Waals surface area contributed by atoms with Gasteiger partial charge in [0.2, 0.25) is 5.16 Å². The second kappa shape index (κ2) is 4.51. The fraction of sp³-hybridized carbons (Fsp3) is 0.500. The highest BCUT2D eigenvalue weighted by atomic mass is 32.2. The molecule has 1 aromatic heterocycles. The number of rotatable bonds is 4. The predicted molar refractivity (Wildman–Crippen MR) is 52.5 cm³/mol. The standard InChI is InChI=1S/C6H10N4S2/c1-5(3-11)4-12-6-7-8-9-10(6)2/h11H,1,3-4H2,2H3. The third-order valence-corrected chi connectivity index (χ3v) is 2.81. The molecule has 0 unspecified atom stereocenters. The van der Waals surface area contributed by atoms with Gasteiger partial charge in [0.1, 0.15) is 0 Å². The van der Waals surface area contributed by atoms with Crippen molar-refractivity contribution in [2.75, 3.05) is 11.5 Å². The summed E-state index contributed by atoms with van der Waals surface area (Å²) in [6.45, 7) is 3.83. The van der Waals surface area contributed by atoms with E-state index in [1.54, 1.807) is 16.4 Å². The van der Waals surface area contributed by atoms with E-state index in [1.807, 2.05) is 7.05 Å². The smallest absolute Gasteiger partial charge is 0.209 e. The van der Waals surface area contributed by atoms with E-state index in [0.717, 1.165) is 16.5 Å². The average Bonchev–Trinajstić information content (AvgIpc) is 2.47. The van der Waals surface area contributed by atoms with Gasteiger partial charge in [-0.3, -0.25) is 0 Å². The Labute approximate surface area is 80.8 Å². The number of tetrazole rings is 1. The molecule has 0 N–H and O–H groups in total. The lowest BCUT2D eigenvalue weighted by Crippen LogP contribution is -1.95. The normalized spacial score (nSPS) is 10.2. The van der Waals surface area contributed by atoms with Gasteiger partial charge in [0, 0.05) is 18.6 Å². The molecular weight excluding hydrogens is 192 g/mol. The van der Waals surface area contributed by atoms with E-state index >= 15 is 0 Å². The van der Waals surface area contributed by atoms with Gasteiger partial charge < -0.3 is 0 Å². The van der Waals surface area contributed by atoms with Crippen molar-refractivity contribution in [1.82, 2.24) is 20.2 Å². The summed E-state index contributed by atoms with van der Waals surface area (Å²) >= 11 is 5.67. The quantitative estimate of drug-likeness (QED) is 0.445. The molecule has 0 aliphatic heterocycles. The number of thioether (sulfide) groups is 1. The van der Waals surface area contributed by atoms with Crippen LogP contribution in [0.3, 0.4) is 0 Å². The zero-order valence-corrected chi connectivity index (χ0v) is 8.48. The molecule has 0 aromatic carbocycles. The van der Waals surface area contributed by atoms with E-state index in [4.69, 9.17) is 0 Å². The average molecular weight is 202 g/mol. The Bertz CT molecular complexity index is 270. The van der Waals surface area contributed by atoms with Crippen molar-refractivity contribution in [2.24, 2.45) is 7.05 Å². The molecule has 1 rings (SSSR count). The van der Waals surface area contributed by atoms with Crippen LogP contribution in [0.2, 0.25) is 0 Å². The lowest BCUT2D eigenvalue weighted by atomic mass is 10.4. The highest BCUT2D eigenvalue weighted by Crippen LogP contribution is 2.15. The molecule has 0 fully saturated rings. The maximum atomic E-state index is 4.10. The van der Waals surface area contributed by atoms with Crippen LogP contribution in [0.4, 0.5) is 0 Å². The van der Waals surface area contributed by atoms with Crippen LogP contribution in [-0.2, 0) is 7.05 Å². The van der Waals surface area contributed by atoms with Crippen LogP contribution >= 0.6 is 24.4 Å². The number of hydrogen-bond donors (Lipinski definition) is 1. The largest absolute Gasteiger partial charge is 0.224 e. The number of aryl methyl sites for hydroxylation is 1. The van der Waals surface area contributed by atoms with Gasteiger partial charge in [-0.15, -0.1) is 5.10 Å². The molecule has 0 saturated heterocycles. The molecule has 1 heterocycles. The van der Waals surface area contributed by atoms with Gasteiger partial charge in [-0.05, 0) is 10.4 Å². The first-order valence-corrected chi connectivity index (χ1v) is 4.98. The van der Waals surface area contributed by atoms with E-state index in [2.05, 4.69) is 34.7 Å². The minimum Gasteiger partial charge on any atom is -0.224 e. The van der Waals surface area contributed by atoms with Crippen molar-refractivity contribution in [3.63, 3.8) is 0 Å². The zero-order chi connectivity index (χ0) is 8.97. The van der Waals surface area contributed by atoms with Crippen LogP contribution in [0.1, 0.15) is 0 Å². The number of thiol groups is 1. The summed E-state index contributed by atoms with van der Waals surface area (Å²) in [5, 5.41) is 11.8. The van der Waals surface area contributed by atoms with E-state index in [0.29, 0.717) is 5.75 Å². The highest BCUT2D eigenvalue weighted by molar-refractivity contribution is 7.99. The van der Waals surface area contributed by atoms with Crippen LogP contribution in [-0.4, -0.2) is 31.7 Å². The highest BCUT2D eigenvalue weighted by Gasteiger charge is 2.02. The zero-order valence-electron chi connectivity index (χ0n) is 6.77. The molecular formula is C6H10N4S2. The van der Waals surface area contributed by atoms with Gasteiger partial charge in [-0.2, -0.15) is 12.6 Å². The predicted octanol–water partition coefficient (Wildman–Crippen LogP) is 0.788. The SMILES string of the molecule is C=C(CS)CSc1nnnn1C. The molecule has 0 radical (unpaired) electrons. The fourth-order valence-corrected chi connectivity index (χ4v) is 1.57. The van der Waals surface area contributed by atoms with Crippen molar-refractivity contribution < 1.29 is 0 Å². The molecule has 0 spiro atoms. The van der Waals surface area contributed by atoms with E-state index in [9.17, 15) is 0 Å². The molecule has 12 heavy (non-hydrogen) atoms. The Morgan fingerprint density at radius 2 is 2.50 bits per heavy atom. The maximum Gasteiger partial charge on any atom is 0.209 e. The van der Waals surface area contributed by atoms with E-state index < -0.39 is 0 Å².